The van der Waals surface area contributed by atoms with Crippen LogP contribution in [-0.4, -0.2) is 47.5 Å². The van der Waals surface area contributed by atoms with Crippen molar-refractivity contribution in [1.29, 1.82) is 0 Å². The van der Waals surface area contributed by atoms with E-state index in [2.05, 4.69) is 64.8 Å². The van der Waals surface area contributed by atoms with Crippen LogP contribution in [0.3, 0.4) is 0 Å². The molecule has 0 spiro atoms. The zero-order chi connectivity index (χ0) is 26.4. The van der Waals surface area contributed by atoms with Crippen LogP contribution < -0.4 is 20.4 Å². The Morgan fingerprint density at radius 2 is 2.03 bits per heavy atom. The van der Waals surface area contributed by atoms with E-state index in [4.69, 9.17) is 9.97 Å². The normalized spacial score (nSPS) is 16.3. The predicted octanol–water partition coefficient (Wildman–Crippen LogP) is 5.49. The molecule has 0 aliphatic carbocycles. The van der Waals surface area contributed by atoms with E-state index < -0.39 is 0 Å². The number of hydrogen-bond acceptors (Lipinski definition) is 6. The van der Waals surface area contributed by atoms with Gasteiger partial charge in [0.1, 0.15) is 5.82 Å². The number of nitrogens with zero attached hydrogens (tertiary/aromatic N) is 4. The molecule has 1 amide bonds. The lowest BCUT2D eigenvalue weighted by Crippen LogP contribution is -2.28. The molecule has 8 nitrogen and oxygen atoms in total. The zero-order valence-corrected chi connectivity index (χ0v) is 22.3. The first kappa shape index (κ1) is 24.2. The Bertz CT molecular complexity index is 1570. The molecule has 2 aromatic carbocycles. The van der Waals surface area contributed by atoms with Crippen LogP contribution in [0.2, 0.25) is 0 Å². The summed E-state index contributed by atoms with van der Waals surface area (Å²) in [6, 6.07) is 14.3. The summed E-state index contributed by atoms with van der Waals surface area (Å²) < 4.78 is 0. The largest absolute Gasteiger partial charge is 0.361 e. The van der Waals surface area contributed by atoms with Crippen LogP contribution in [0.1, 0.15) is 38.3 Å². The van der Waals surface area contributed by atoms with Gasteiger partial charge in [-0.2, -0.15) is 4.98 Å². The van der Waals surface area contributed by atoms with Crippen molar-refractivity contribution in [3.05, 3.63) is 72.1 Å². The van der Waals surface area contributed by atoms with Gasteiger partial charge in [0.05, 0.1) is 11.4 Å². The van der Waals surface area contributed by atoms with Gasteiger partial charge in [0, 0.05) is 72.6 Å². The average Bonchev–Trinajstić information content (AvgIpc) is 3.46. The molecule has 0 unspecified atom stereocenters. The molecule has 0 saturated carbocycles. The molecule has 0 bridgehead atoms. The second-order valence-corrected chi connectivity index (χ2v) is 10.7. The summed E-state index contributed by atoms with van der Waals surface area (Å²) in [6.45, 7) is 8.63. The standard InChI is InChI=1S/C30H33N7O/c1-19(38)36(4)26-7-5-6-8-27(26)37-18-30(2,3)24-17-33-29(35-28(24)37)34-21-9-10-25-22(15-21)23(16-32-25)20-11-13-31-14-12-20/h5-11,15-17,31-32H,12-14,18H2,1-4H3,(H,33,34,35). The fourth-order valence-electron chi connectivity index (χ4n) is 5.48. The van der Waals surface area contributed by atoms with Gasteiger partial charge in [0.25, 0.3) is 0 Å². The fraction of sp³-hybridized carbons (Fsp3) is 0.300. The Hall–Kier alpha value is -4.17. The number of carbonyl (C=O) groups excluding carboxylic acids is 1. The lowest BCUT2D eigenvalue weighted by molar-refractivity contribution is -0.116. The highest BCUT2D eigenvalue weighted by atomic mass is 16.2. The first-order valence-electron chi connectivity index (χ1n) is 13.1. The number of H-pyrrole nitrogens is 1. The minimum atomic E-state index is -0.142. The number of benzene rings is 2. The van der Waals surface area contributed by atoms with E-state index in [9.17, 15) is 4.79 Å². The number of aromatic nitrogens is 3. The maximum atomic E-state index is 12.2. The van der Waals surface area contributed by atoms with E-state index in [1.165, 1.54) is 16.5 Å². The van der Waals surface area contributed by atoms with Crippen molar-refractivity contribution >= 4 is 51.2 Å². The third-order valence-electron chi connectivity index (χ3n) is 7.66. The van der Waals surface area contributed by atoms with Crippen LogP contribution in [-0.2, 0) is 10.2 Å². The van der Waals surface area contributed by atoms with Crippen LogP contribution in [0.5, 0.6) is 0 Å². The van der Waals surface area contributed by atoms with Crippen molar-refractivity contribution in [2.24, 2.45) is 0 Å². The van der Waals surface area contributed by atoms with Gasteiger partial charge >= 0.3 is 0 Å². The molecule has 38 heavy (non-hydrogen) atoms. The highest BCUT2D eigenvalue weighted by molar-refractivity contribution is 5.96. The van der Waals surface area contributed by atoms with E-state index in [-0.39, 0.29) is 11.3 Å². The second-order valence-electron chi connectivity index (χ2n) is 10.7. The lowest BCUT2D eigenvalue weighted by atomic mass is 9.89. The zero-order valence-electron chi connectivity index (χ0n) is 22.3. The van der Waals surface area contributed by atoms with Crippen molar-refractivity contribution in [3.8, 4) is 0 Å². The number of para-hydroxylation sites is 2. The Morgan fingerprint density at radius 1 is 1.18 bits per heavy atom. The van der Waals surface area contributed by atoms with Crippen molar-refractivity contribution in [3.63, 3.8) is 0 Å². The summed E-state index contributed by atoms with van der Waals surface area (Å²) in [5.74, 6) is 1.39. The molecule has 8 heteroatoms. The summed E-state index contributed by atoms with van der Waals surface area (Å²) in [5.41, 5.74) is 7.42. The van der Waals surface area contributed by atoms with Gasteiger partial charge in [-0.15, -0.1) is 0 Å². The number of amides is 1. The van der Waals surface area contributed by atoms with Crippen molar-refractivity contribution < 1.29 is 4.79 Å². The van der Waals surface area contributed by atoms with E-state index in [0.29, 0.717) is 5.95 Å². The van der Waals surface area contributed by atoms with Crippen molar-refractivity contribution in [2.45, 2.75) is 32.6 Å². The van der Waals surface area contributed by atoms with Gasteiger partial charge in [-0.1, -0.05) is 32.1 Å². The SMILES string of the molecule is CC(=O)N(C)c1ccccc1N1CC(C)(C)c2cnc(Nc3ccc4[nH]cc(C5=CCNCC5)c4c3)nc21. The van der Waals surface area contributed by atoms with Crippen LogP contribution in [0.25, 0.3) is 16.5 Å². The molecule has 2 aliphatic rings. The number of fused-ring (bicyclic) bond motifs is 2. The van der Waals surface area contributed by atoms with Crippen molar-refractivity contribution in [1.82, 2.24) is 20.3 Å². The molecule has 2 aliphatic heterocycles. The smallest absolute Gasteiger partial charge is 0.229 e. The van der Waals surface area contributed by atoms with Crippen LogP contribution in [0.4, 0.5) is 28.8 Å². The summed E-state index contributed by atoms with van der Waals surface area (Å²) in [4.78, 5) is 29.2. The number of hydrogen-bond donors (Lipinski definition) is 3. The van der Waals surface area contributed by atoms with Gasteiger partial charge in [-0.25, -0.2) is 4.98 Å². The summed E-state index contributed by atoms with van der Waals surface area (Å²) >= 11 is 0. The Labute approximate surface area is 222 Å². The van der Waals surface area contributed by atoms with Gasteiger partial charge in [-0.3, -0.25) is 4.79 Å². The molecule has 6 rings (SSSR count). The summed E-state index contributed by atoms with van der Waals surface area (Å²) in [5, 5.41) is 8.02. The summed E-state index contributed by atoms with van der Waals surface area (Å²) in [7, 11) is 1.81. The molecular weight excluding hydrogens is 474 g/mol. The van der Waals surface area contributed by atoms with E-state index >= 15 is 0 Å². The number of nitrogens with one attached hydrogen (secondary N) is 3. The first-order valence-corrected chi connectivity index (χ1v) is 13.1. The minimum Gasteiger partial charge on any atom is -0.361 e. The Balaban J connectivity index is 1.36. The molecule has 0 radical (unpaired) electrons. The molecule has 0 atom stereocenters. The number of aromatic amines is 1. The predicted molar refractivity (Wildman–Crippen MR) is 155 cm³/mol. The lowest BCUT2D eigenvalue weighted by Gasteiger charge is -2.27. The number of carbonyl (C=O) groups is 1. The maximum absolute atomic E-state index is 12.2. The van der Waals surface area contributed by atoms with Gasteiger partial charge in [0.15, 0.2) is 0 Å². The first-order chi connectivity index (χ1) is 18.3. The average molecular weight is 508 g/mol. The summed E-state index contributed by atoms with van der Waals surface area (Å²) in [6.07, 6.45) is 7.33. The molecule has 0 fully saturated rings. The molecule has 2 aromatic heterocycles. The molecular formula is C30H33N7O. The fourth-order valence-corrected chi connectivity index (χ4v) is 5.48. The van der Waals surface area contributed by atoms with Gasteiger partial charge < -0.3 is 25.4 Å². The van der Waals surface area contributed by atoms with Crippen LogP contribution in [0, 0.1) is 0 Å². The highest BCUT2D eigenvalue weighted by Gasteiger charge is 2.39. The quantitative estimate of drug-likeness (QED) is 0.331. The topological polar surface area (TPSA) is 89.2 Å². The molecule has 0 saturated heterocycles. The van der Waals surface area contributed by atoms with Gasteiger partial charge in [-0.05, 0) is 48.9 Å². The van der Waals surface area contributed by atoms with E-state index in [1.54, 1.807) is 11.8 Å². The number of rotatable bonds is 5. The third kappa shape index (κ3) is 4.20. The van der Waals surface area contributed by atoms with Crippen LogP contribution >= 0.6 is 0 Å². The van der Waals surface area contributed by atoms with Crippen LogP contribution in [0.15, 0.2) is 60.9 Å². The second kappa shape index (κ2) is 9.29. The molecule has 194 valence electrons. The Kier molecular flexibility index (Phi) is 5.91. The van der Waals surface area contributed by atoms with E-state index in [1.807, 2.05) is 37.5 Å². The number of anilines is 5. The van der Waals surface area contributed by atoms with Gasteiger partial charge in [0.2, 0.25) is 11.9 Å². The molecule has 4 aromatic rings. The van der Waals surface area contributed by atoms with E-state index in [0.717, 1.165) is 60.0 Å². The third-order valence-corrected chi connectivity index (χ3v) is 7.66. The molecule has 4 heterocycles. The maximum Gasteiger partial charge on any atom is 0.229 e. The van der Waals surface area contributed by atoms with Crippen molar-refractivity contribution in [2.75, 3.05) is 41.8 Å². The monoisotopic (exact) mass is 507 g/mol. The highest BCUT2D eigenvalue weighted by Crippen LogP contribution is 2.46. The Morgan fingerprint density at radius 3 is 2.82 bits per heavy atom. The minimum absolute atomic E-state index is 0.0130. The molecule has 3 N–H and O–H groups in total.